The molecule has 5 N–H and O–H groups in total. The molecule has 1 atom stereocenters. The van der Waals surface area contributed by atoms with Crippen molar-refractivity contribution < 1.29 is 23.4 Å². The van der Waals surface area contributed by atoms with Gasteiger partial charge in [-0.15, -0.1) is 0 Å². The number of aliphatic imine (C=N–C) groups is 1. The molecule has 0 saturated carbocycles. The third-order valence-corrected chi connectivity index (χ3v) is 7.62. The molecule has 1 unspecified atom stereocenters. The fraction of sp³-hybridized carbons (Fsp3) is 0.556. The van der Waals surface area contributed by atoms with Gasteiger partial charge in [0.1, 0.15) is 21.9 Å². The number of benzene rings is 1. The van der Waals surface area contributed by atoms with Crippen LogP contribution in [0.15, 0.2) is 23.2 Å². The highest BCUT2D eigenvalue weighted by Gasteiger charge is 2.54. The number of hydrogen-bond acceptors (Lipinski definition) is 5. The molecule has 0 saturated heterocycles. The Kier molecular flexibility index (Phi) is 5.05. The molecule has 7 nitrogen and oxygen atoms in total. The molecule has 1 aromatic carbocycles. The highest BCUT2D eigenvalue weighted by Crippen LogP contribution is 2.60. The number of amides is 1. The largest absolute Gasteiger partial charge is 0.465 e. The zero-order chi connectivity index (χ0) is 21.0. The minimum Gasteiger partial charge on any atom is -0.465 e. The highest BCUT2D eigenvalue weighted by atomic mass is 32.3. The number of anilines is 1. The normalized spacial score (nSPS) is 25.4. The van der Waals surface area contributed by atoms with Gasteiger partial charge in [-0.05, 0) is 59.7 Å². The summed E-state index contributed by atoms with van der Waals surface area (Å²) in [6.07, 6.45) is -1.28. The third kappa shape index (κ3) is 3.63. The summed E-state index contributed by atoms with van der Waals surface area (Å²) in [4.78, 5) is 17.6. The van der Waals surface area contributed by atoms with Crippen molar-refractivity contribution in [3.8, 4) is 0 Å². The smallest absolute Gasteiger partial charge is 0.413 e. The first-order valence-corrected chi connectivity index (χ1v) is 10.2. The second kappa shape index (κ2) is 6.35. The standard InChI is InChI=1S/C18H28FN3O4S/c1-16(2,3)22(15(23)24)14-17(4,5)27(25,26)10-18(6,21-14)12-9-11(20)7-8-13(12)19/h7-9,25-26H,10,20H2,1-6H3,(H,23,24). The van der Waals surface area contributed by atoms with Crippen LogP contribution >= 0.6 is 10.6 Å². The van der Waals surface area contributed by atoms with Gasteiger partial charge in [-0.25, -0.2) is 9.18 Å². The van der Waals surface area contributed by atoms with E-state index in [0.717, 1.165) is 4.90 Å². The minimum atomic E-state index is -3.38. The Hall–Kier alpha value is -1.84. The summed E-state index contributed by atoms with van der Waals surface area (Å²) in [6.45, 7) is 9.67. The number of amidine groups is 1. The zero-order valence-corrected chi connectivity index (χ0v) is 17.3. The number of halogens is 1. The molecule has 152 valence electrons. The lowest BCUT2D eigenvalue weighted by molar-refractivity contribution is 0.137. The average molecular weight is 402 g/mol. The van der Waals surface area contributed by atoms with Gasteiger partial charge < -0.3 is 10.8 Å². The molecule has 0 bridgehead atoms. The van der Waals surface area contributed by atoms with Crippen LogP contribution in [0.1, 0.15) is 47.1 Å². The Morgan fingerprint density at radius 3 is 2.33 bits per heavy atom. The topological polar surface area (TPSA) is 119 Å². The lowest BCUT2D eigenvalue weighted by atomic mass is 9.92. The maximum Gasteiger partial charge on any atom is 0.413 e. The molecule has 9 heteroatoms. The van der Waals surface area contributed by atoms with Gasteiger partial charge in [-0.1, -0.05) is 0 Å². The van der Waals surface area contributed by atoms with E-state index >= 15 is 0 Å². The summed E-state index contributed by atoms with van der Waals surface area (Å²) in [5.74, 6) is -0.852. The average Bonchev–Trinajstić information content (AvgIpc) is 2.45. The van der Waals surface area contributed by atoms with Crippen LogP contribution in [0.4, 0.5) is 14.9 Å². The summed E-state index contributed by atoms with van der Waals surface area (Å²) >= 11 is 0. The Morgan fingerprint density at radius 2 is 1.85 bits per heavy atom. The van der Waals surface area contributed by atoms with Crippen molar-refractivity contribution in [1.29, 1.82) is 0 Å². The lowest BCUT2D eigenvalue weighted by Gasteiger charge is -2.56. The van der Waals surface area contributed by atoms with Crippen molar-refractivity contribution >= 4 is 28.2 Å². The number of hydrogen-bond donors (Lipinski definition) is 4. The van der Waals surface area contributed by atoms with Crippen LogP contribution in [-0.2, 0) is 5.54 Å². The van der Waals surface area contributed by atoms with Gasteiger partial charge in [0, 0.05) is 16.8 Å². The van der Waals surface area contributed by atoms with Gasteiger partial charge in [0.05, 0.1) is 5.75 Å². The number of carbonyl (C=O) groups is 1. The lowest BCUT2D eigenvalue weighted by Crippen LogP contribution is -2.61. The molecule has 2 rings (SSSR count). The minimum absolute atomic E-state index is 0.0157. The van der Waals surface area contributed by atoms with Crippen molar-refractivity contribution in [3.63, 3.8) is 0 Å². The number of nitrogens with zero attached hydrogens (tertiary/aromatic N) is 2. The van der Waals surface area contributed by atoms with E-state index in [9.17, 15) is 23.4 Å². The molecule has 1 amide bonds. The van der Waals surface area contributed by atoms with Crippen molar-refractivity contribution in [2.45, 2.75) is 57.4 Å². The highest BCUT2D eigenvalue weighted by molar-refractivity contribution is 8.26. The molecule has 0 spiro atoms. The van der Waals surface area contributed by atoms with Crippen LogP contribution in [0.25, 0.3) is 0 Å². The molecule has 1 aromatic rings. The second-order valence-electron chi connectivity index (χ2n) is 8.56. The van der Waals surface area contributed by atoms with Gasteiger partial charge in [-0.2, -0.15) is 10.6 Å². The van der Waals surface area contributed by atoms with E-state index in [2.05, 4.69) is 4.99 Å². The molecular formula is C18H28FN3O4S. The van der Waals surface area contributed by atoms with Crippen molar-refractivity contribution in [3.05, 3.63) is 29.6 Å². The number of rotatable bonds is 1. The van der Waals surface area contributed by atoms with E-state index in [1.165, 1.54) is 32.0 Å². The van der Waals surface area contributed by atoms with Crippen LogP contribution in [0.5, 0.6) is 0 Å². The summed E-state index contributed by atoms with van der Waals surface area (Å²) in [5, 5.41) is 9.80. The molecule has 0 radical (unpaired) electrons. The molecule has 0 fully saturated rings. The van der Waals surface area contributed by atoms with Gasteiger partial charge in [-0.3, -0.25) is 19.0 Å². The zero-order valence-electron chi connectivity index (χ0n) is 16.4. The van der Waals surface area contributed by atoms with Crippen molar-refractivity contribution in [1.82, 2.24) is 4.90 Å². The maximum absolute atomic E-state index is 14.6. The van der Waals surface area contributed by atoms with Gasteiger partial charge in [0.2, 0.25) is 0 Å². The van der Waals surface area contributed by atoms with E-state index < -0.39 is 38.3 Å². The number of nitrogens with two attached hydrogens (primary N) is 1. The first-order chi connectivity index (χ1) is 12.0. The summed E-state index contributed by atoms with van der Waals surface area (Å²) in [7, 11) is -3.38. The molecule has 1 aliphatic rings. The van der Waals surface area contributed by atoms with Gasteiger partial charge >= 0.3 is 6.09 Å². The Labute approximate surface area is 160 Å². The first-order valence-electron chi connectivity index (χ1n) is 8.47. The predicted octanol–water partition coefficient (Wildman–Crippen LogP) is 4.34. The Balaban J connectivity index is 2.82. The second-order valence-corrected chi connectivity index (χ2v) is 11.2. The molecule has 27 heavy (non-hydrogen) atoms. The Bertz CT molecular complexity index is 804. The van der Waals surface area contributed by atoms with E-state index in [4.69, 9.17) is 5.73 Å². The molecular weight excluding hydrogens is 373 g/mol. The van der Waals surface area contributed by atoms with E-state index in [1.807, 2.05) is 0 Å². The van der Waals surface area contributed by atoms with Crippen molar-refractivity contribution in [2.75, 3.05) is 11.5 Å². The fourth-order valence-corrected chi connectivity index (χ4v) is 5.02. The third-order valence-electron chi connectivity index (χ3n) is 4.84. The van der Waals surface area contributed by atoms with Gasteiger partial charge in [0.25, 0.3) is 0 Å². The van der Waals surface area contributed by atoms with Crippen LogP contribution in [0.2, 0.25) is 0 Å². The quantitative estimate of drug-likeness (QED) is 0.522. The SMILES string of the molecule is CC1(c2cc(N)ccc2F)CS(O)(O)C(C)(C)C(N(C(=O)O)C(C)(C)C)=N1. The summed E-state index contributed by atoms with van der Waals surface area (Å²) in [5.41, 5.74) is 3.90. The maximum atomic E-state index is 14.6. The number of nitrogen functional groups attached to an aromatic ring is 1. The molecule has 0 aliphatic carbocycles. The Morgan fingerprint density at radius 1 is 1.30 bits per heavy atom. The van der Waals surface area contributed by atoms with Crippen LogP contribution in [0.3, 0.4) is 0 Å². The van der Waals surface area contributed by atoms with Crippen LogP contribution < -0.4 is 5.73 Å². The van der Waals surface area contributed by atoms with E-state index in [1.54, 1.807) is 27.7 Å². The molecule has 1 aliphatic heterocycles. The van der Waals surface area contributed by atoms with Crippen molar-refractivity contribution in [2.24, 2.45) is 4.99 Å². The van der Waals surface area contributed by atoms with Gasteiger partial charge in [0.15, 0.2) is 0 Å². The predicted molar refractivity (Wildman–Crippen MR) is 107 cm³/mol. The summed E-state index contributed by atoms with van der Waals surface area (Å²) < 4.78 is 35.0. The van der Waals surface area contributed by atoms with E-state index in [-0.39, 0.29) is 17.2 Å². The monoisotopic (exact) mass is 401 g/mol. The molecule has 0 aromatic heterocycles. The molecule has 1 heterocycles. The van der Waals surface area contributed by atoms with Crippen LogP contribution in [-0.4, -0.2) is 47.1 Å². The first kappa shape index (κ1) is 21.5. The van der Waals surface area contributed by atoms with Crippen LogP contribution in [0, 0.1) is 5.82 Å². The fourth-order valence-electron chi connectivity index (χ4n) is 3.23. The number of carboxylic acid groups (broad SMARTS) is 1. The summed E-state index contributed by atoms with van der Waals surface area (Å²) in [6, 6.07) is 3.98. The van der Waals surface area contributed by atoms with E-state index in [0.29, 0.717) is 5.69 Å².